The van der Waals surface area contributed by atoms with Gasteiger partial charge in [-0.15, -0.1) is 5.10 Å². The molecule has 0 fully saturated rings. The van der Waals surface area contributed by atoms with Crippen LogP contribution in [-0.2, 0) is 17.8 Å². The monoisotopic (exact) mass is 471 g/mol. The highest BCUT2D eigenvalue weighted by Crippen LogP contribution is 2.29. The molecule has 0 saturated heterocycles. The lowest BCUT2D eigenvalue weighted by molar-refractivity contribution is 0.0748. The van der Waals surface area contributed by atoms with E-state index in [0.717, 1.165) is 11.1 Å². The Balaban J connectivity index is 1.75. The third-order valence-corrected chi connectivity index (χ3v) is 4.91. The summed E-state index contributed by atoms with van der Waals surface area (Å²) < 4.78 is 27.4. The highest BCUT2D eigenvalue weighted by atomic mass is 16.5. The fourth-order valence-corrected chi connectivity index (χ4v) is 3.20. The second-order valence-electron chi connectivity index (χ2n) is 7.08. The minimum atomic E-state index is -0.357. The number of carbonyl (C=O) groups is 1. The first-order chi connectivity index (χ1) is 16.5. The molecule has 182 valence electrons. The summed E-state index contributed by atoms with van der Waals surface area (Å²) in [4.78, 5) is 16.9. The summed E-state index contributed by atoms with van der Waals surface area (Å²) in [5, 5.41) is 10.6. The van der Waals surface area contributed by atoms with Gasteiger partial charge in [-0.1, -0.05) is 12.1 Å². The van der Waals surface area contributed by atoms with Gasteiger partial charge in [-0.25, -0.2) is 0 Å². The van der Waals surface area contributed by atoms with Gasteiger partial charge >= 0.3 is 0 Å². The molecule has 0 radical (unpaired) electrons. The van der Waals surface area contributed by atoms with E-state index in [1.165, 1.54) is 11.8 Å². The molecule has 11 heteroatoms. The molecule has 11 nitrogen and oxygen atoms in total. The van der Waals surface area contributed by atoms with Crippen molar-refractivity contribution in [1.29, 1.82) is 0 Å². The highest BCUT2D eigenvalue weighted by Gasteiger charge is 2.17. The van der Waals surface area contributed by atoms with Crippen molar-refractivity contribution in [3.05, 3.63) is 47.5 Å². The van der Waals surface area contributed by atoms with Gasteiger partial charge in [0, 0.05) is 20.2 Å². The predicted molar refractivity (Wildman–Crippen MR) is 126 cm³/mol. The molecule has 0 spiro atoms. The highest BCUT2D eigenvalue weighted by molar-refractivity contribution is 5.82. The van der Waals surface area contributed by atoms with Crippen LogP contribution in [0.4, 0.5) is 11.9 Å². The number of aromatic nitrogens is 3. The van der Waals surface area contributed by atoms with E-state index < -0.39 is 0 Å². The summed E-state index contributed by atoms with van der Waals surface area (Å²) in [6.07, 6.45) is 0. The molecule has 0 saturated carbocycles. The van der Waals surface area contributed by atoms with Crippen LogP contribution in [0.2, 0.25) is 0 Å². The van der Waals surface area contributed by atoms with E-state index in [1.54, 1.807) is 28.4 Å². The molecule has 2 aromatic carbocycles. The van der Waals surface area contributed by atoms with Crippen LogP contribution in [-0.4, -0.2) is 62.8 Å². The van der Waals surface area contributed by atoms with Gasteiger partial charge in [0.1, 0.15) is 6.61 Å². The number of ether oxygens (including phenoxy) is 5. The van der Waals surface area contributed by atoms with Gasteiger partial charge in [0.15, 0.2) is 23.0 Å². The fourth-order valence-electron chi connectivity index (χ4n) is 3.20. The van der Waals surface area contributed by atoms with Gasteiger partial charge in [-0.2, -0.15) is 9.67 Å². The van der Waals surface area contributed by atoms with Crippen LogP contribution in [0.3, 0.4) is 0 Å². The second kappa shape index (κ2) is 11.8. The van der Waals surface area contributed by atoms with Crippen LogP contribution >= 0.6 is 0 Å². The second-order valence-corrected chi connectivity index (χ2v) is 7.08. The molecule has 3 rings (SSSR count). The SMILES string of the molecule is COCC(=O)n1nc(NCc2ccc(OC)c(OC)c2)nc1NCc1ccc(OC)c(OC)c1. The Labute approximate surface area is 197 Å². The van der Waals surface area contributed by atoms with Crippen LogP contribution in [0, 0.1) is 0 Å². The van der Waals surface area contributed by atoms with Crippen molar-refractivity contribution < 1.29 is 28.5 Å². The van der Waals surface area contributed by atoms with Crippen molar-refractivity contribution in [3.63, 3.8) is 0 Å². The third kappa shape index (κ3) is 5.87. The van der Waals surface area contributed by atoms with E-state index in [-0.39, 0.29) is 24.4 Å². The average molecular weight is 472 g/mol. The molecule has 0 atom stereocenters. The summed E-state index contributed by atoms with van der Waals surface area (Å²) in [5.41, 5.74) is 1.84. The summed E-state index contributed by atoms with van der Waals surface area (Å²) in [6.45, 7) is 0.663. The van der Waals surface area contributed by atoms with E-state index in [9.17, 15) is 4.79 Å². The molecule has 0 aliphatic heterocycles. The van der Waals surface area contributed by atoms with Crippen molar-refractivity contribution in [2.75, 3.05) is 52.8 Å². The van der Waals surface area contributed by atoms with Gasteiger partial charge in [-0.3, -0.25) is 4.79 Å². The number of carbonyl (C=O) groups excluding carboxylic acids is 1. The lowest BCUT2D eigenvalue weighted by Gasteiger charge is -2.10. The Morgan fingerprint density at radius 2 is 1.32 bits per heavy atom. The predicted octanol–water partition coefficient (Wildman–Crippen LogP) is 2.82. The molecule has 3 aromatic rings. The van der Waals surface area contributed by atoms with Crippen molar-refractivity contribution in [3.8, 4) is 23.0 Å². The Bertz CT molecular complexity index is 1120. The molecule has 34 heavy (non-hydrogen) atoms. The van der Waals surface area contributed by atoms with E-state index >= 15 is 0 Å². The lowest BCUT2D eigenvalue weighted by Crippen LogP contribution is -2.20. The molecule has 0 amide bonds. The molecule has 1 heterocycles. The van der Waals surface area contributed by atoms with Gasteiger partial charge in [-0.05, 0) is 35.4 Å². The van der Waals surface area contributed by atoms with Crippen molar-refractivity contribution in [2.45, 2.75) is 13.1 Å². The molecule has 0 unspecified atom stereocenters. The number of benzene rings is 2. The Morgan fingerprint density at radius 1 is 0.794 bits per heavy atom. The standard InChI is InChI=1S/C23H29N5O6/c1-30-14-21(29)28-23(25-13-16-7-9-18(32-3)20(11-16)34-5)26-22(27-28)24-12-15-6-8-17(31-2)19(10-15)33-4/h6-11H,12-14H2,1-5H3,(H2,24,25,26,27). The molecular weight excluding hydrogens is 442 g/mol. The van der Waals surface area contributed by atoms with Crippen LogP contribution in [0.5, 0.6) is 23.0 Å². The van der Waals surface area contributed by atoms with E-state index in [0.29, 0.717) is 36.1 Å². The number of hydrogen-bond acceptors (Lipinski definition) is 10. The van der Waals surface area contributed by atoms with E-state index in [4.69, 9.17) is 23.7 Å². The largest absolute Gasteiger partial charge is 0.493 e. The normalized spacial score (nSPS) is 10.5. The Morgan fingerprint density at radius 3 is 1.82 bits per heavy atom. The Kier molecular flexibility index (Phi) is 8.52. The zero-order valence-electron chi connectivity index (χ0n) is 19.9. The number of rotatable bonds is 12. The topological polar surface area (TPSA) is 118 Å². The number of methoxy groups -OCH3 is 5. The minimum Gasteiger partial charge on any atom is -0.493 e. The van der Waals surface area contributed by atoms with Gasteiger partial charge < -0.3 is 34.3 Å². The number of nitrogens with zero attached hydrogens (tertiary/aromatic N) is 3. The summed E-state index contributed by atoms with van der Waals surface area (Å²) in [5.74, 6) is 2.71. The van der Waals surface area contributed by atoms with E-state index in [1.807, 2.05) is 36.4 Å². The first-order valence-electron chi connectivity index (χ1n) is 10.4. The minimum absolute atomic E-state index is 0.135. The zero-order chi connectivity index (χ0) is 24.5. The molecule has 0 aliphatic rings. The smallest absolute Gasteiger partial charge is 0.276 e. The zero-order valence-corrected chi connectivity index (χ0v) is 19.9. The maximum absolute atomic E-state index is 12.5. The summed E-state index contributed by atoms with van der Waals surface area (Å²) in [6, 6.07) is 11.1. The van der Waals surface area contributed by atoms with Crippen LogP contribution in [0.1, 0.15) is 15.9 Å². The van der Waals surface area contributed by atoms with Crippen LogP contribution in [0.25, 0.3) is 0 Å². The molecule has 1 aromatic heterocycles. The van der Waals surface area contributed by atoms with Gasteiger partial charge in [0.25, 0.3) is 5.91 Å². The van der Waals surface area contributed by atoms with Crippen LogP contribution in [0.15, 0.2) is 36.4 Å². The maximum atomic E-state index is 12.5. The molecule has 2 N–H and O–H groups in total. The molecular formula is C23H29N5O6. The summed E-state index contributed by atoms with van der Waals surface area (Å²) >= 11 is 0. The van der Waals surface area contributed by atoms with E-state index in [2.05, 4.69) is 20.7 Å². The van der Waals surface area contributed by atoms with Crippen molar-refractivity contribution in [2.24, 2.45) is 0 Å². The number of anilines is 2. The average Bonchev–Trinajstić information content (AvgIpc) is 3.29. The van der Waals surface area contributed by atoms with Crippen molar-refractivity contribution in [1.82, 2.24) is 14.8 Å². The van der Waals surface area contributed by atoms with Gasteiger partial charge in [0.05, 0.1) is 28.4 Å². The first-order valence-corrected chi connectivity index (χ1v) is 10.4. The van der Waals surface area contributed by atoms with Gasteiger partial charge in [0.2, 0.25) is 11.9 Å². The summed E-state index contributed by atoms with van der Waals surface area (Å²) in [7, 11) is 7.76. The fraction of sp³-hybridized carbons (Fsp3) is 0.348. The number of hydrogen-bond donors (Lipinski definition) is 2. The third-order valence-electron chi connectivity index (χ3n) is 4.91. The first kappa shape index (κ1) is 24.6. The Hall–Kier alpha value is -3.99. The lowest BCUT2D eigenvalue weighted by atomic mass is 10.2. The molecule has 0 aliphatic carbocycles. The number of nitrogens with one attached hydrogen (secondary N) is 2. The van der Waals surface area contributed by atoms with Crippen molar-refractivity contribution >= 4 is 17.8 Å². The van der Waals surface area contributed by atoms with Crippen LogP contribution < -0.4 is 29.6 Å². The quantitative estimate of drug-likeness (QED) is 0.408. The maximum Gasteiger partial charge on any atom is 0.276 e. The molecule has 0 bridgehead atoms.